The minimum Gasteiger partial charge on any atom is -0.322 e. The first-order valence-electron chi connectivity index (χ1n) is 5.40. The Morgan fingerprint density at radius 3 is 2.67 bits per heavy atom. The molecular formula is C14H11ClFNO. The molecule has 0 fully saturated rings. The van der Waals surface area contributed by atoms with Gasteiger partial charge in [0.15, 0.2) is 0 Å². The number of halogens is 2. The molecule has 1 amide bonds. The number of hydrogen-bond acceptors (Lipinski definition) is 1. The Bertz CT molecular complexity index is 598. The van der Waals surface area contributed by atoms with Gasteiger partial charge in [0.25, 0.3) is 5.91 Å². The lowest BCUT2D eigenvalue weighted by Crippen LogP contribution is -2.14. The number of anilines is 1. The molecule has 2 rings (SSSR count). The van der Waals surface area contributed by atoms with Crippen molar-refractivity contribution in [1.29, 1.82) is 0 Å². The van der Waals surface area contributed by atoms with Crippen LogP contribution >= 0.6 is 11.6 Å². The number of hydrogen-bond donors (Lipinski definition) is 1. The average Bonchev–Trinajstić information content (AvgIpc) is 2.32. The average molecular weight is 264 g/mol. The van der Waals surface area contributed by atoms with Crippen LogP contribution in [0.5, 0.6) is 0 Å². The molecule has 4 heteroatoms. The van der Waals surface area contributed by atoms with Gasteiger partial charge >= 0.3 is 0 Å². The van der Waals surface area contributed by atoms with Crippen molar-refractivity contribution in [2.24, 2.45) is 0 Å². The maximum absolute atomic E-state index is 13.7. The normalized spacial score (nSPS) is 10.2. The third kappa shape index (κ3) is 2.68. The van der Waals surface area contributed by atoms with Crippen molar-refractivity contribution in [3.63, 3.8) is 0 Å². The van der Waals surface area contributed by atoms with Crippen LogP contribution < -0.4 is 5.32 Å². The molecule has 1 N–H and O–H groups in total. The van der Waals surface area contributed by atoms with Crippen LogP contribution in [0.1, 0.15) is 15.9 Å². The smallest absolute Gasteiger partial charge is 0.258 e. The molecule has 0 saturated heterocycles. The van der Waals surface area contributed by atoms with Crippen LogP contribution in [0.3, 0.4) is 0 Å². The number of nitrogens with one attached hydrogen (secondary N) is 1. The first-order chi connectivity index (χ1) is 8.58. The lowest BCUT2D eigenvalue weighted by atomic mass is 10.1. The number of amides is 1. The minimum atomic E-state index is -0.503. The second kappa shape index (κ2) is 5.19. The molecule has 0 radical (unpaired) electrons. The van der Waals surface area contributed by atoms with E-state index in [2.05, 4.69) is 5.32 Å². The SMILES string of the molecule is Cc1cccc(C(=O)Nc2cccc(Cl)c2)c1F. The molecule has 0 aromatic heterocycles. The number of carbonyl (C=O) groups excluding carboxylic acids is 1. The molecule has 0 heterocycles. The lowest BCUT2D eigenvalue weighted by molar-refractivity contribution is 0.102. The number of rotatable bonds is 2. The van der Waals surface area contributed by atoms with Gasteiger partial charge in [-0.15, -0.1) is 0 Å². The Morgan fingerprint density at radius 2 is 1.94 bits per heavy atom. The van der Waals surface area contributed by atoms with Crippen LogP contribution in [0, 0.1) is 12.7 Å². The molecule has 92 valence electrons. The standard InChI is InChI=1S/C14H11ClFNO/c1-9-4-2-7-12(13(9)16)14(18)17-11-6-3-5-10(15)8-11/h2-8H,1H3,(H,17,18). The molecule has 0 saturated carbocycles. The summed E-state index contributed by atoms with van der Waals surface area (Å²) in [5, 5.41) is 3.12. The molecule has 0 atom stereocenters. The Hall–Kier alpha value is -1.87. The second-order valence-corrected chi connectivity index (χ2v) is 4.34. The van der Waals surface area contributed by atoms with Gasteiger partial charge in [0.05, 0.1) is 5.56 Å². The van der Waals surface area contributed by atoms with Crippen LogP contribution in [-0.2, 0) is 0 Å². The number of carbonyl (C=O) groups is 1. The predicted octanol–water partition coefficient (Wildman–Crippen LogP) is 4.04. The predicted molar refractivity (Wildman–Crippen MR) is 70.5 cm³/mol. The largest absolute Gasteiger partial charge is 0.322 e. The highest BCUT2D eigenvalue weighted by Crippen LogP contribution is 2.17. The Balaban J connectivity index is 2.25. The summed E-state index contributed by atoms with van der Waals surface area (Å²) in [6, 6.07) is 11.4. The molecule has 0 aliphatic rings. The van der Waals surface area contributed by atoms with Crippen LogP contribution in [0.15, 0.2) is 42.5 Å². The molecule has 0 spiro atoms. The zero-order valence-electron chi connectivity index (χ0n) is 9.71. The van der Waals surface area contributed by atoms with E-state index in [-0.39, 0.29) is 5.56 Å². The van der Waals surface area contributed by atoms with Crippen LogP contribution in [0.25, 0.3) is 0 Å². The summed E-state index contributed by atoms with van der Waals surface area (Å²) in [7, 11) is 0. The number of aryl methyl sites for hydroxylation is 1. The number of benzene rings is 2. The molecule has 0 aliphatic heterocycles. The van der Waals surface area contributed by atoms with Crippen molar-refractivity contribution < 1.29 is 9.18 Å². The van der Waals surface area contributed by atoms with Gasteiger partial charge in [0, 0.05) is 10.7 Å². The van der Waals surface area contributed by atoms with Gasteiger partial charge in [-0.2, -0.15) is 0 Å². The van der Waals surface area contributed by atoms with Crippen LogP contribution in [0.2, 0.25) is 5.02 Å². The van der Waals surface area contributed by atoms with E-state index in [1.165, 1.54) is 6.07 Å². The third-order valence-corrected chi connectivity index (χ3v) is 2.75. The molecule has 0 bridgehead atoms. The summed E-state index contributed by atoms with van der Waals surface area (Å²) in [5.74, 6) is -0.990. The molecular weight excluding hydrogens is 253 g/mol. The van der Waals surface area contributed by atoms with E-state index >= 15 is 0 Å². The van der Waals surface area contributed by atoms with Crippen molar-refractivity contribution in [2.45, 2.75) is 6.92 Å². The summed E-state index contributed by atoms with van der Waals surface area (Å²) in [6.07, 6.45) is 0. The highest BCUT2D eigenvalue weighted by molar-refractivity contribution is 6.30. The fourth-order valence-electron chi connectivity index (χ4n) is 1.59. The van der Waals surface area contributed by atoms with Crippen molar-refractivity contribution in [3.05, 3.63) is 64.4 Å². The van der Waals surface area contributed by atoms with Crippen molar-refractivity contribution in [2.75, 3.05) is 5.32 Å². The first kappa shape index (κ1) is 12.6. The summed E-state index contributed by atoms with van der Waals surface area (Å²) in [4.78, 5) is 11.9. The molecule has 0 aliphatic carbocycles. The Labute approximate surface area is 109 Å². The molecule has 2 aromatic carbocycles. The fourth-order valence-corrected chi connectivity index (χ4v) is 1.78. The van der Waals surface area contributed by atoms with E-state index in [9.17, 15) is 9.18 Å². The first-order valence-corrected chi connectivity index (χ1v) is 5.78. The highest BCUT2D eigenvalue weighted by atomic mass is 35.5. The maximum Gasteiger partial charge on any atom is 0.258 e. The van der Waals surface area contributed by atoms with E-state index in [1.807, 2.05) is 0 Å². The summed E-state index contributed by atoms with van der Waals surface area (Å²) < 4.78 is 13.7. The van der Waals surface area contributed by atoms with Gasteiger partial charge in [-0.3, -0.25) is 4.79 Å². The highest BCUT2D eigenvalue weighted by Gasteiger charge is 2.13. The Morgan fingerprint density at radius 1 is 1.22 bits per heavy atom. The zero-order chi connectivity index (χ0) is 13.1. The fraction of sp³-hybridized carbons (Fsp3) is 0.0714. The summed E-state index contributed by atoms with van der Waals surface area (Å²) in [6.45, 7) is 1.62. The van der Waals surface area contributed by atoms with E-state index in [4.69, 9.17) is 11.6 Å². The maximum atomic E-state index is 13.7. The van der Waals surface area contributed by atoms with Gasteiger partial charge in [-0.25, -0.2) is 4.39 Å². The molecule has 2 nitrogen and oxygen atoms in total. The van der Waals surface area contributed by atoms with Gasteiger partial charge in [0.2, 0.25) is 0 Å². The minimum absolute atomic E-state index is 0.0231. The van der Waals surface area contributed by atoms with Gasteiger partial charge < -0.3 is 5.32 Å². The molecule has 18 heavy (non-hydrogen) atoms. The van der Waals surface area contributed by atoms with E-state index in [0.717, 1.165) is 0 Å². The van der Waals surface area contributed by atoms with E-state index in [1.54, 1.807) is 43.3 Å². The van der Waals surface area contributed by atoms with Crippen LogP contribution in [-0.4, -0.2) is 5.91 Å². The van der Waals surface area contributed by atoms with Crippen molar-refractivity contribution >= 4 is 23.2 Å². The topological polar surface area (TPSA) is 29.1 Å². The van der Waals surface area contributed by atoms with Gasteiger partial charge in [0.1, 0.15) is 5.82 Å². The van der Waals surface area contributed by atoms with Gasteiger partial charge in [-0.05, 0) is 36.8 Å². The quantitative estimate of drug-likeness (QED) is 0.870. The van der Waals surface area contributed by atoms with E-state index < -0.39 is 11.7 Å². The summed E-state index contributed by atoms with van der Waals surface area (Å²) >= 11 is 5.81. The zero-order valence-corrected chi connectivity index (χ0v) is 10.5. The second-order valence-electron chi connectivity index (χ2n) is 3.90. The summed E-state index contributed by atoms with van der Waals surface area (Å²) in [5.41, 5.74) is 0.997. The lowest BCUT2D eigenvalue weighted by Gasteiger charge is -2.07. The van der Waals surface area contributed by atoms with Crippen molar-refractivity contribution in [1.82, 2.24) is 0 Å². The van der Waals surface area contributed by atoms with Crippen LogP contribution in [0.4, 0.5) is 10.1 Å². The van der Waals surface area contributed by atoms with E-state index in [0.29, 0.717) is 16.3 Å². The molecule has 0 unspecified atom stereocenters. The van der Waals surface area contributed by atoms with Crippen molar-refractivity contribution in [3.8, 4) is 0 Å². The Kier molecular flexibility index (Phi) is 3.63. The monoisotopic (exact) mass is 263 g/mol. The third-order valence-electron chi connectivity index (χ3n) is 2.52. The molecule has 2 aromatic rings. The van der Waals surface area contributed by atoms with Gasteiger partial charge in [-0.1, -0.05) is 29.8 Å².